The Balaban J connectivity index is 1.31. The van der Waals surface area contributed by atoms with Crippen LogP contribution in [0.2, 0.25) is 0 Å². The van der Waals surface area contributed by atoms with Gasteiger partial charge in [0.25, 0.3) is 5.91 Å². The normalized spacial score (nSPS) is 23.0. The molecule has 12 heteroatoms. The summed E-state index contributed by atoms with van der Waals surface area (Å²) < 4.78 is 5.34. The van der Waals surface area contributed by atoms with Gasteiger partial charge < -0.3 is 10.1 Å². The molecule has 2 aromatic rings. The number of hydrogen-bond acceptors (Lipinski definition) is 9. The van der Waals surface area contributed by atoms with E-state index in [1.54, 1.807) is 12.1 Å². The fourth-order valence-electron chi connectivity index (χ4n) is 5.27. The molecule has 4 amide bonds. The fraction of sp³-hybridized carbons (Fsp3) is 0.500. The van der Waals surface area contributed by atoms with Crippen LogP contribution in [0.4, 0.5) is 9.93 Å². The summed E-state index contributed by atoms with van der Waals surface area (Å²) in [7, 11) is 1.34. The summed E-state index contributed by atoms with van der Waals surface area (Å²) in [6.07, 6.45) is 2.10. The maximum Gasteiger partial charge on any atom is 0.337 e. The molecule has 1 aliphatic heterocycles. The van der Waals surface area contributed by atoms with Gasteiger partial charge in [0.05, 0.1) is 12.7 Å². The van der Waals surface area contributed by atoms with E-state index in [-0.39, 0.29) is 34.9 Å². The first-order valence-electron chi connectivity index (χ1n) is 11.6. The minimum absolute atomic E-state index is 0.0805. The van der Waals surface area contributed by atoms with Crippen LogP contribution in [0.5, 0.6) is 0 Å². The van der Waals surface area contributed by atoms with Crippen LogP contribution in [0.15, 0.2) is 28.6 Å². The molecule has 0 bridgehead atoms. The molecular weight excluding hydrogens is 502 g/mol. The van der Waals surface area contributed by atoms with Crippen LogP contribution in [-0.4, -0.2) is 58.1 Å². The van der Waals surface area contributed by atoms with Crippen LogP contribution in [0, 0.1) is 11.3 Å². The van der Waals surface area contributed by atoms with Gasteiger partial charge in [-0.1, -0.05) is 56.0 Å². The standard InChI is InChI=1S/C24H29N5O5S2/c1-14-9-23(2,3)13-24(10-14)19(32)29(21(33)26-24)11-17(30)25-20-27-28-22(36-20)35-12-15-5-7-16(8-6-15)18(31)34-4/h5-8,14H,9-13H2,1-4H3,(H,26,33)(H,25,27,30)/t14-,24-/m0/s1. The summed E-state index contributed by atoms with van der Waals surface area (Å²) in [5.74, 6) is -0.351. The second-order valence-corrected chi connectivity index (χ2v) is 12.4. The Labute approximate surface area is 217 Å². The highest BCUT2D eigenvalue weighted by molar-refractivity contribution is 8.00. The zero-order valence-electron chi connectivity index (χ0n) is 20.6. The first-order chi connectivity index (χ1) is 17.0. The van der Waals surface area contributed by atoms with Crippen molar-refractivity contribution in [1.29, 1.82) is 0 Å². The van der Waals surface area contributed by atoms with Gasteiger partial charge in [-0.05, 0) is 48.3 Å². The maximum absolute atomic E-state index is 13.2. The highest BCUT2D eigenvalue weighted by atomic mass is 32.2. The van der Waals surface area contributed by atoms with E-state index in [4.69, 9.17) is 4.74 Å². The molecule has 4 rings (SSSR count). The van der Waals surface area contributed by atoms with E-state index >= 15 is 0 Å². The third-order valence-electron chi connectivity index (χ3n) is 6.32. The molecule has 1 spiro atoms. The van der Waals surface area contributed by atoms with Gasteiger partial charge in [0, 0.05) is 5.75 Å². The Bertz CT molecular complexity index is 1180. The molecule has 1 aromatic heterocycles. The van der Waals surface area contributed by atoms with E-state index in [1.165, 1.54) is 30.2 Å². The number of amides is 4. The third-order valence-corrected chi connectivity index (χ3v) is 8.36. The van der Waals surface area contributed by atoms with Crippen molar-refractivity contribution in [3.8, 4) is 0 Å². The topological polar surface area (TPSA) is 131 Å². The van der Waals surface area contributed by atoms with Crippen molar-refractivity contribution in [3.05, 3.63) is 35.4 Å². The molecule has 1 saturated heterocycles. The lowest BCUT2D eigenvalue weighted by molar-refractivity contribution is -0.136. The van der Waals surface area contributed by atoms with Gasteiger partial charge in [0.1, 0.15) is 12.1 Å². The van der Waals surface area contributed by atoms with Gasteiger partial charge >= 0.3 is 12.0 Å². The van der Waals surface area contributed by atoms with Gasteiger partial charge in [-0.25, -0.2) is 9.59 Å². The van der Waals surface area contributed by atoms with Crippen LogP contribution in [0.25, 0.3) is 0 Å². The predicted molar refractivity (Wildman–Crippen MR) is 136 cm³/mol. The minimum atomic E-state index is -0.944. The molecule has 10 nitrogen and oxygen atoms in total. The molecule has 192 valence electrons. The van der Waals surface area contributed by atoms with Gasteiger partial charge in [0.15, 0.2) is 4.34 Å². The molecule has 0 unspecified atom stereocenters. The average molecular weight is 532 g/mol. The Morgan fingerprint density at radius 3 is 2.61 bits per heavy atom. The van der Waals surface area contributed by atoms with Crippen molar-refractivity contribution in [2.24, 2.45) is 11.3 Å². The molecular formula is C24H29N5O5S2. The lowest BCUT2D eigenvalue weighted by Gasteiger charge is -2.43. The van der Waals surface area contributed by atoms with E-state index in [0.29, 0.717) is 28.5 Å². The number of methoxy groups -OCH3 is 1. The van der Waals surface area contributed by atoms with Gasteiger partial charge in [-0.3, -0.25) is 19.8 Å². The van der Waals surface area contributed by atoms with E-state index in [2.05, 4.69) is 41.6 Å². The number of rotatable bonds is 7. The van der Waals surface area contributed by atoms with E-state index in [0.717, 1.165) is 16.9 Å². The first-order valence-corrected chi connectivity index (χ1v) is 13.4. The van der Waals surface area contributed by atoms with E-state index in [1.807, 2.05) is 12.1 Å². The number of thioether (sulfide) groups is 1. The number of hydrogen-bond donors (Lipinski definition) is 2. The largest absolute Gasteiger partial charge is 0.465 e. The molecule has 1 saturated carbocycles. The number of carbonyl (C=O) groups is 4. The molecule has 1 aliphatic carbocycles. The summed E-state index contributed by atoms with van der Waals surface area (Å²) in [5, 5.41) is 13.9. The van der Waals surface area contributed by atoms with E-state index in [9.17, 15) is 19.2 Å². The summed E-state index contributed by atoms with van der Waals surface area (Å²) in [6.45, 7) is 5.90. The molecule has 2 heterocycles. The van der Waals surface area contributed by atoms with E-state index < -0.39 is 17.5 Å². The number of anilines is 1. The fourth-order valence-corrected chi connectivity index (χ4v) is 6.99. The maximum atomic E-state index is 13.2. The zero-order chi connectivity index (χ0) is 26.1. The SMILES string of the molecule is COC(=O)c1ccc(CSc2nnc(NC(=O)CN3C(=O)N[C@]4(C[C@@H](C)CC(C)(C)C4)C3=O)s2)cc1. The Hall–Kier alpha value is -2.99. The van der Waals surface area contributed by atoms with Gasteiger partial charge in [-0.15, -0.1) is 10.2 Å². The number of aromatic nitrogens is 2. The number of esters is 1. The molecule has 0 radical (unpaired) electrons. The highest BCUT2D eigenvalue weighted by Gasteiger charge is 2.56. The number of imide groups is 1. The van der Waals surface area contributed by atoms with Crippen molar-refractivity contribution in [3.63, 3.8) is 0 Å². The van der Waals surface area contributed by atoms with Crippen molar-refractivity contribution in [2.45, 2.75) is 55.7 Å². The Morgan fingerprint density at radius 2 is 1.94 bits per heavy atom. The third kappa shape index (κ3) is 5.70. The number of nitrogens with one attached hydrogen (secondary N) is 2. The molecule has 36 heavy (non-hydrogen) atoms. The number of nitrogens with zero attached hydrogens (tertiary/aromatic N) is 3. The minimum Gasteiger partial charge on any atom is -0.465 e. The second kappa shape index (κ2) is 10.2. The van der Waals surface area contributed by atoms with Gasteiger partial charge in [0.2, 0.25) is 11.0 Å². The molecule has 1 aromatic carbocycles. The number of ether oxygens (including phenoxy) is 1. The summed E-state index contributed by atoms with van der Waals surface area (Å²) in [4.78, 5) is 51.0. The van der Waals surface area contributed by atoms with Crippen LogP contribution < -0.4 is 10.6 Å². The first kappa shape index (κ1) is 26.1. The monoisotopic (exact) mass is 531 g/mol. The molecule has 2 N–H and O–H groups in total. The highest BCUT2D eigenvalue weighted by Crippen LogP contribution is 2.46. The summed E-state index contributed by atoms with van der Waals surface area (Å²) in [5.41, 5.74) is 0.439. The smallest absolute Gasteiger partial charge is 0.337 e. The lowest BCUT2D eigenvalue weighted by atomic mass is 9.64. The summed E-state index contributed by atoms with van der Waals surface area (Å²) in [6, 6.07) is 6.53. The van der Waals surface area contributed by atoms with Gasteiger partial charge in [-0.2, -0.15) is 0 Å². The molecule has 2 aliphatic rings. The average Bonchev–Trinajstić information content (AvgIpc) is 3.33. The number of carbonyl (C=O) groups excluding carboxylic acids is 4. The van der Waals surface area contributed by atoms with Crippen molar-refractivity contribution < 1.29 is 23.9 Å². The quantitative estimate of drug-likeness (QED) is 0.239. The lowest BCUT2D eigenvalue weighted by Crippen LogP contribution is -2.54. The zero-order valence-corrected chi connectivity index (χ0v) is 22.3. The van der Waals surface area contributed by atoms with Crippen molar-refractivity contribution >= 4 is 52.0 Å². The van der Waals surface area contributed by atoms with Crippen LogP contribution in [-0.2, 0) is 20.1 Å². The van der Waals surface area contributed by atoms with Crippen LogP contribution in [0.1, 0.15) is 56.0 Å². The van der Waals surface area contributed by atoms with Crippen molar-refractivity contribution in [1.82, 2.24) is 20.4 Å². The Kier molecular flexibility index (Phi) is 7.37. The number of urea groups is 1. The number of benzene rings is 1. The van der Waals surface area contributed by atoms with Crippen molar-refractivity contribution in [2.75, 3.05) is 19.0 Å². The van der Waals surface area contributed by atoms with Crippen LogP contribution in [0.3, 0.4) is 0 Å². The summed E-state index contributed by atoms with van der Waals surface area (Å²) >= 11 is 2.64. The van der Waals surface area contributed by atoms with Crippen LogP contribution >= 0.6 is 23.1 Å². The molecule has 2 atom stereocenters. The molecule has 2 fully saturated rings. The second-order valence-electron chi connectivity index (χ2n) is 10.2. The predicted octanol–water partition coefficient (Wildman–Crippen LogP) is 3.69. The Morgan fingerprint density at radius 1 is 1.22 bits per heavy atom.